The molecular weight excluding hydrogens is 196 g/mol. The molecule has 10 heavy (non-hydrogen) atoms. The van der Waals surface area contributed by atoms with Crippen LogP contribution in [0.5, 0.6) is 0 Å². The lowest BCUT2D eigenvalue weighted by Crippen LogP contribution is -2.18. The molecule has 0 fully saturated rings. The molecule has 0 saturated heterocycles. The van der Waals surface area contributed by atoms with Crippen molar-refractivity contribution in [2.45, 2.75) is 6.55 Å². The van der Waals surface area contributed by atoms with Crippen LogP contribution in [0.25, 0.3) is 0 Å². The molecule has 0 aliphatic carbocycles. The van der Waals surface area contributed by atoms with Crippen molar-refractivity contribution >= 4 is 39.5 Å². The lowest BCUT2D eigenvalue weighted by atomic mass is 11.3. The summed E-state index contributed by atoms with van der Waals surface area (Å²) in [5, 5.41) is 0. The standard InChI is InChI=1S/C3H14O3Si4/c1-3-10(2)6-9-5-8-4-7/h3,10H,1,8-9H2,2,7H3. The molecule has 0 aromatic carbocycles. The predicted octanol–water partition coefficient (Wildman–Crippen LogP) is -2.61. The molecule has 0 aliphatic heterocycles. The first kappa shape index (κ1) is 10.5. The molecule has 0 radical (unpaired) electrons. The van der Waals surface area contributed by atoms with Crippen molar-refractivity contribution < 1.29 is 12.3 Å². The third-order valence-electron chi connectivity index (χ3n) is 0.947. The largest absolute Gasteiger partial charge is 0.449 e. The fourth-order valence-electron chi connectivity index (χ4n) is 0.341. The molecule has 0 rings (SSSR count). The zero-order chi connectivity index (χ0) is 7.82. The van der Waals surface area contributed by atoms with Crippen molar-refractivity contribution in [3.63, 3.8) is 0 Å². The number of hydrogen-bond acceptors (Lipinski definition) is 3. The van der Waals surface area contributed by atoms with Crippen LogP contribution < -0.4 is 0 Å². The summed E-state index contributed by atoms with van der Waals surface area (Å²) < 4.78 is 15.6. The summed E-state index contributed by atoms with van der Waals surface area (Å²) in [4.78, 5) is 0. The van der Waals surface area contributed by atoms with Gasteiger partial charge >= 0.3 is 0 Å². The van der Waals surface area contributed by atoms with E-state index in [2.05, 4.69) is 13.1 Å². The first-order valence-electron chi connectivity index (χ1n) is 3.12. The third-order valence-corrected chi connectivity index (χ3v) is 6.53. The molecule has 0 spiro atoms. The smallest absolute Gasteiger partial charge is 0.284 e. The van der Waals surface area contributed by atoms with Gasteiger partial charge in [0.1, 0.15) is 10.5 Å². The fraction of sp³-hybridized carbons (Fsp3) is 0.333. The Morgan fingerprint density at radius 3 is 2.80 bits per heavy atom. The Morgan fingerprint density at radius 2 is 2.30 bits per heavy atom. The highest BCUT2D eigenvalue weighted by atomic mass is 28.4. The van der Waals surface area contributed by atoms with Gasteiger partial charge < -0.3 is 12.3 Å². The van der Waals surface area contributed by atoms with Crippen molar-refractivity contribution in [2.75, 3.05) is 0 Å². The zero-order valence-corrected chi connectivity index (χ0v) is 12.5. The van der Waals surface area contributed by atoms with Gasteiger partial charge in [0.15, 0.2) is 9.04 Å². The maximum atomic E-state index is 5.40. The number of rotatable bonds is 6. The maximum absolute atomic E-state index is 5.40. The van der Waals surface area contributed by atoms with E-state index in [-0.39, 0.29) is 0 Å². The van der Waals surface area contributed by atoms with Crippen LogP contribution in [0.15, 0.2) is 12.3 Å². The Labute approximate surface area is 71.2 Å². The van der Waals surface area contributed by atoms with E-state index in [9.17, 15) is 0 Å². The van der Waals surface area contributed by atoms with E-state index >= 15 is 0 Å². The molecular formula is C3H14O3Si4. The van der Waals surface area contributed by atoms with E-state index < -0.39 is 29.1 Å². The summed E-state index contributed by atoms with van der Waals surface area (Å²) in [6, 6.07) is 0. The van der Waals surface area contributed by atoms with Gasteiger partial charge in [-0.05, 0) is 6.55 Å². The Kier molecular flexibility index (Phi) is 7.96. The fourth-order valence-corrected chi connectivity index (χ4v) is 5.43. The highest BCUT2D eigenvalue weighted by Gasteiger charge is 1.96. The summed E-state index contributed by atoms with van der Waals surface area (Å²) in [6.45, 7) is 5.74. The van der Waals surface area contributed by atoms with Crippen LogP contribution in [-0.2, 0) is 12.3 Å². The minimum Gasteiger partial charge on any atom is -0.449 e. The van der Waals surface area contributed by atoms with Crippen LogP contribution in [0, 0.1) is 0 Å². The molecule has 7 heteroatoms. The van der Waals surface area contributed by atoms with E-state index in [1.807, 2.05) is 5.70 Å². The topological polar surface area (TPSA) is 27.7 Å². The van der Waals surface area contributed by atoms with Gasteiger partial charge in [-0.15, -0.1) is 6.58 Å². The number of hydrogen-bond donors (Lipinski definition) is 0. The molecule has 0 bridgehead atoms. The van der Waals surface area contributed by atoms with Crippen molar-refractivity contribution in [2.24, 2.45) is 0 Å². The second kappa shape index (κ2) is 7.59. The molecule has 1 atom stereocenters. The molecule has 60 valence electrons. The second-order valence-electron chi connectivity index (χ2n) is 1.84. The monoisotopic (exact) mass is 210 g/mol. The van der Waals surface area contributed by atoms with E-state index in [1.165, 1.54) is 0 Å². The molecule has 0 saturated carbocycles. The lowest BCUT2D eigenvalue weighted by Gasteiger charge is -2.06. The Balaban J connectivity index is 2.95. The highest BCUT2D eigenvalue weighted by molar-refractivity contribution is 6.61. The summed E-state index contributed by atoms with van der Waals surface area (Å²) in [5.74, 6) is 0. The molecule has 0 aromatic heterocycles. The molecule has 0 aliphatic rings. The SMILES string of the molecule is C=C[SiH](C)O[SiH2]O[SiH2]O[SiH3]. The van der Waals surface area contributed by atoms with Crippen LogP contribution >= 0.6 is 0 Å². The minimum atomic E-state index is -1.05. The van der Waals surface area contributed by atoms with Crippen LogP contribution in [0.1, 0.15) is 0 Å². The van der Waals surface area contributed by atoms with E-state index in [4.69, 9.17) is 12.3 Å². The Morgan fingerprint density at radius 1 is 1.60 bits per heavy atom. The van der Waals surface area contributed by atoms with Crippen LogP contribution in [0.3, 0.4) is 0 Å². The minimum absolute atomic E-state index is 0.643. The third kappa shape index (κ3) is 6.61. The quantitative estimate of drug-likeness (QED) is 0.355. The van der Waals surface area contributed by atoms with Crippen molar-refractivity contribution in [1.29, 1.82) is 0 Å². The molecule has 0 heterocycles. The van der Waals surface area contributed by atoms with Gasteiger partial charge in [0.2, 0.25) is 0 Å². The maximum Gasteiger partial charge on any atom is 0.284 e. The van der Waals surface area contributed by atoms with Crippen molar-refractivity contribution in [1.82, 2.24) is 0 Å². The van der Waals surface area contributed by atoms with Gasteiger partial charge in [-0.2, -0.15) is 0 Å². The summed E-state index contributed by atoms with van der Waals surface area (Å²) >= 11 is 0. The molecule has 0 aromatic rings. The molecule has 3 nitrogen and oxygen atoms in total. The van der Waals surface area contributed by atoms with E-state index in [0.717, 1.165) is 10.5 Å². The highest BCUT2D eigenvalue weighted by Crippen LogP contribution is 1.83. The summed E-state index contributed by atoms with van der Waals surface area (Å²) in [7, 11) is -1.60. The van der Waals surface area contributed by atoms with Crippen LogP contribution in [0.4, 0.5) is 0 Å². The molecule has 0 amide bonds. The average molecular weight is 210 g/mol. The Hall–Kier alpha value is 0.488. The van der Waals surface area contributed by atoms with Gasteiger partial charge in [0.05, 0.1) is 0 Å². The first-order valence-corrected chi connectivity index (χ1v) is 8.54. The van der Waals surface area contributed by atoms with Gasteiger partial charge in [-0.25, -0.2) is 0 Å². The molecule has 0 N–H and O–H groups in total. The Bertz CT molecular complexity index is 89.8. The van der Waals surface area contributed by atoms with Crippen LogP contribution in [-0.4, -0.2) is 39.5 Å². The molecule has 1 unspecified atom stereocenters. The van der Waals surface area contributed by atoms with Gasteiger partial charge in [0.25, 0.3) is 20.0 Å². The summed E-state index contributed by atoms with van der Waals surface area (Å²) in [5.41, 5.74) is 1.90. The van der Waals surface area contributed by atoms with E-state index in [0.29, 0.717) is 0 Å². The van der Waals surface area contributed by atoms with Crippen molar-refractivity contribution in [3.05, 3.63) is 12.3 Å². The average Bonchev–Trinajstić information content (AvgIpc) is 1.98. The van der Waals surface area contributed by atoms with Gasteiger partial charge in [-0.3, -0.25) is 0 Å². The first-order chi connectivity index (χ1) is 4.81. The second-order valence-corrected chi connectivity index (χ2v) is 9.46. The van der Waals surface area contributed by atoms with Crippen molar-refractivity contribution in [3.8, 4) is 0 Å². The van der Waals surface area contributed by atoms with E-state index in [1.54, 1.807) is 0 Å². The van der Waals surface area contributed by atoms with Crippen LogP contribution in [0.2, 0.25) is 6.55 Å². The summed E-state index contributed by atoms with van der Waals surface area (Å²) in [6.07, 6.45) is 0. The van der Waals surface area contributed by atoms with Gasteiger partial charge in [-0.1, -0.05) is 5.70 Å². The van der Waals surface area contributed by atoms with Gasteiger partial charge in [0, 0.05) is 0 Å². The lowest BCUT2D eigenvalue weighted by molar-refractivity contribution is 0.436. The predicted molar refractivity (Wildman–Crippen MR) is 53.5 cm³/mol. The normalized spacial score (nSPS) is 15.7. The zero-order valence-electron chi connectivity index (χ0n) is 6.50.